The van der Waals surface area contributed by atoms with E-state index in [1.54, 1.807) is 0 Å². The molecule has 1 fully saturated rings. The molecule has 1 N–H and O–H groups in total. The summed E-state index contributed by atoms with van der Waals surface area (Å²) in [6.07, 6.45) is 9.87. The normalized spacial score (nSPS) is 17.6. The number of hydrogen-bond donors (Lipinski definition) is 1. The van der Waals surface area contributed by atoms with Crippen LogP contribution in [-0.2, 0) is 13.5 Å². The minimum absolute atomic E-state index is 0.770. The first-order chi connectivity index (χ1) is 7.81. The molecule has 0 saturated heterocycles. The van der Waals surface area contributed by atoms with Crippen LogP contribution in [0, 0.1) is 5.92 Å². The first-order valence-electron chi connectivity index (χ1n) is 6.45. The fraction of sp³-hybridized carbons (Fsp3) is 0.769. The lowest BCUT2D eigenvalue weighted by atomic mass is 10.0. The molecule has 1 heterocycles. The molecule has 1 unspecified atom stereocenters. The third-order valence-corrected chi connectivity index (χ3v) is 3.68. The summed E-state index contributed by atoms with van der Waals surface area (Å²) in [5, 5.41) is 7.64. The van der Waals surface area contributed by atoms with Gasteiger partial charge in [-0.05, 0) is 51.1 Å². The third kappa shape index (κ3) is 3.08. The fourth-order valence-corrected chi connectivity index (χ4v) is 2.43. The SMILES string of the molecule is CNC(CCCCc1ccnn1C)C1CC1. The maximum Gasteiger partial charge on any atom is 0.0492 e. The molecule has 0 bridgehead atoms. The van der Waals surface area contributed by atoms with E-state index in [1.165, 1.54) is 37.8 Å². The zero-order valence-electron chi connectivity index (χ0n) is 10.4. The van der Waals surface area contributed by atoms with Crippen molar-refractivity contribution in [3.63, 3.8) is 0 Å². The monoisotopic (exact) mass is 221 g/mol. The molecule has 3 nitrogen and oxygen atoms in total. The third-order valence-electron chi connectivity index (χ3n) is 3.68. The minimum Gasteiger partial charge on any atom is -0.317 e. The van der Waals surface area contributed by atoms with Gasteiger partial charge in [0.15, 0.2) is 0 Å². The predicted octanol–water partition coefficient (Wildman–Crippen LogP) is 2.13. The molecule has 0 aromatic carbocycles. The molecule has 1 aliphatic carbocycles. The maximum absolute atomic E-state index is 4.19. The van der Waals surface area contributed by atoms with E-state index >= 15 is 0 Å². The molecule has 0 amide bonds. The second kappa shape index (κ2) is 5.48. The summed E-state index contributed by atoms with van der Waals surface area (Å²) < 4.78 is 1.98. The highest BCUT2D eigenvalue weighted by Crippen LogP contribution is 2.34. The molecule has 2 rings (SSSR count). The van der Waals surface area contributed by atoms with Crippen molar-refractivity contribution >= 4 is 0 Å². The number of aryl methyl sites for hydroxylation is 2. The number of hydrogen-bond acceptors (Lipinski definition) is 2. The van der Waals surface area contributed by atoms with Gasteiger partial charge >= 0.3 is 0 Å². The Morgan fingerprint density at radius 1 is 1.50 bits per heavy atom. The quantitative estimate of drug-likeness (QED) is 0.715. The van der Waals surface area contributed by atoms with E-state index in [0.717, 1.165) is 18.4 Å². The molecule has 90 valence electrons. The molecule has 1 aromatic rings. The summed E-state index contributed by atoms with van der Waals surface area (Å²) in [5.41, 5.74) is 1.35. The van der Waals surface area contributed by atoms with E-state index in [0.29, 0.717) is 0 Å². The van der Waals surface area contributed by atoms with Crippen LogP contribution in [0.4, 0.5) is 0 Å². The van der Waals surface area contributed by atoms with Crippen molar-refractivity contribution in [2.24, 2.45) is 13.0 Å². The smallest absolute Gasteiger partial charge is 0.0492 e. The fourth-order valence-electron chi connectivity index (χ4n) is 2.43. The van der Waals surface area contributed by atoms with Crippen LogP contribution in [-0.4, -0.2) is 22.9 Å². The van der Waals surface area contributed by atoms with Crippen molar-refractivity contribution in [2.45, 2.75) is 44.6 Å². The van der Waals surface area contributed by atoms with Crippen LogP contribution in [0.2, 0.25) is 0 Å². The van der Waals surface area contributed by atoms with E-state index in [1.807, 2.05) is 17.9 Å². The summed E-state index contributed by atoms with van der Waals surface area (Å²) in [6.45, 7) is 0. The molecular weight excluding hydrogens is 198 g/mol. The van der Waals surface area contributed by atoms with Crippen LogP contribution in [0.25, 0.3) is 0 Å². The van der Waals surface area contributed by atoms with Gasteiger partial charge in [0.2, 0.25) is 0 Å². The average molecular weight is 221 g/mol. The zero-order valence-corrected chi connectivity index (χ0v) is 10.4. The van der Waals surface area contributed by atoms with E-state index in [2.05, 4.69) is 23.5 Å². The van der Waals surface area contributed by atoms with Gasteiger partial charge in [0.1, 0.15) is 0 Å². The number of rotatable bonds is 7. The van der Waals surface area contributed by atoms with Crippen LogP contribution in [0.3, 0.4) is 0 Å². The summed E-state index contributed by atoms with van der Waals surface area (Å²) in [7, 11) is 4.13. The number of aromatic nitrogens is 2. The van der Waals surface area contributed by atoms with Crippen molar-refractivity contribution in [2.75, 3.05) is 7.05 Å². The van der Waals surface area contributed by atoms with Gasteiger partial charge < -0.3 is 5.32 Å². The van der Waals surface area contributed by atoms with Gasteiger partial charge in [-0.3, -0.25) is 4.68 Å². The Hall–Kier alpha value is -0.830. The lowest BCUT2D eigenvalue weighted by Crippen LogP contribution is -2.27. The molecule has 0 spiro atoms. The summed E-state index contributed by atoms with van der Waals surface area (Å²) in [5.74, 6) is 0.974. The zero-order chi connectivity index (χ0) is 11.4. The molecule has 1 aliphatic rings. The van der Waals surface area contributed by atoms with E-state index < -0.39 is 0 Å². The van der Waals surface area contributed by atoms with Gasteiger partial charge in [-0.1, -0.05) is 6.42 Å². The second-order valence-electron chi connectivity index (χ2n) is 4.92. The molecule has 0 aliphatic heterocycles. The van der Waals surface area contributed by atoms with Gasteiger partial charge in [-0.25, -0.2) is 0 Å². The molecular formula is C13H23N3. The Balaban J connectivity index is 1.62. The largest absolute Gasteiger partial charge is 0.317 e. The van der Waals surface area contributed by atoms with E-state index in [-0.39, 0.29) is 0 Å². The summed E-state index contributed by atoms with van der Waals surface area (Å²) >= 11 is 0. The Kier molecular flexibility index (Phi) is 3.99. The van der Waals surface area contributed by atoms with Gasteiger partial charge in [-0.15, -0.1) is 0 Å². The van der Waals surface area contributed by atoms with Gasteiger partial charge in [0.25, 0.3) is 0 Å². The van der Waals surface area contributed by atoms with Gasteiger partial charge in [-0.2, -0.15) is 5.10 Å². The molecule has 1 atom stereocenters. The highest BCUT2D eigenvalue weighted by atomic mass is 15.2. The molecule has 16 heavy (non-hydrogen) atoms. The number of nitrogens with one attached hydrogen (secondary N) is 1. The molecule has 1 aromatic heterocycles. The van der Waals surface area contributed by atoms with Crippen LogP contribution < -0.4 is 5.32 Å². The van der Waals surface area contributed by atoms with Crippen LogP contribution >= 0.6 is 0 Å². The summed E-state index contributed by atoms with van der Waals surface area (Å²) in [4.78, 5) is 0. The standard InChI is InChI=1S/C13H23N3/c1-14-13(11-7-8-11)6-4-3-5-12-9-10-15-16(12)2/h9-11,13-14H,3-8H2,1-2H3. The second-order valence-corrected chi connectivity index (χ2v) is 4.92. The Labute approximate surface area is 98.2 Å². The Bertz CT molecular complexity index is 315. The van der Waals surface area contributed by atoms with Crippen molar-refractivity contribution in [3.05, 3.63) is 18.0 Å². The van der Waals surface area contributed by atoms with E-state index in [9.17, 15) is 0 Å². The van der Waals surface area contributed by atoms with Crippen molar-refractivity contribution in [3.8, 4) is 0 Å². The summed E-state index contributed by atoms with van der Waals surface area (Å²) in [6, 6.07) is 2.89. The number of unbranched alkanes of at least 4 members (excludes halogenated alkanes) is 1. The van der Waals surface area contributed by atoms with Gasteiger partial charge in [0.05, 0.1) is 0 Å². The first kappa shape index (κ1) is 11.6. The highest BCUT2D eigenvalue weighted by molar-refractivity contribution is 4.99. The highest BCUT2D eigenvalue weighted by Gasteiger charge is 2.29. The minimum atomic E-state index is 0.770. The first-order valence-corrected chi connectivity index (χ1v) is 6.45. The molecule has 3 heteroatoms. The van der Waals surface area contributed by atoms with Crippen LogP contribution in [0.5, 0.6) is 0 Å². The maximum atomic E-state index is 4.19. The van der Waals surface area contributed by atoms with Crippen molar-refractivity contribution in [1.29, 1.82) is 0 Å². The Morgan fingerprint density at radius 2 is 2.31 bits per heavy atom. The van der Waals surface area contributed by atoms with Crippen LogP contribution in [0.1, 0.15) is 37.8 Å². The predicted molar refractivity (Wildman–Crippen MR) is 66.3 cm³/mol. The van der Waals surface area contributed by atoms with Crippen molar-refractivity contribution in [1.82, 2.24) is 15.1 Å². The average Bonchev–Trinajstić information content (AvgIpc) is 3.04. The lowest BCUT2D eigenvalue weighted by molar-refractivity contribution is 0.448. The van der Waals surface area contributed by atoms with E-state index in [4.69, 9.17) is 0 Å². The topological polar surface area (TPSA) is 29.9 Å². The number of nitrogens with zero attached hydrogens (tertiary/aromatic N) is 2. The van der Waals surface area contributed by atoms with Crippen molar-refractivity contribution < 1.29 is 0 Å². The van der Waals surface area contributed by atoms with Crippen LogP contribution in [0.15, 0.2) is 12.3 Å². The molecule has 1 saturated carbocycles. The van der Waals surface area contributed by atoms with Gasteiger partial charge in [0, 0.05) is 25.0 Å². The molecule has 0 radical (unpaired) electrons. The Morgan fingerprint density at radius 3 is 2.88 bits per heavy atom. The lowest BCUT2D eigenvalue weighted by Gasteiger charge is -2.14.